The Bertz CT molecular complexity index is 463. The van der Waals surface area contributed by atoms with Crippen molar-refractivity contribution in [3.63, 3.8) is 0 Å². The molecule has 12 heavy (non-hydrogen) atoms. The summed E-state index contributed by atoms with van der Waals surface area (Å²) in [5, 5.41) is 15.5. The van der Waals surface area contributed by atoms with Crippen LogP contribution in [-0.2, 0) is 0 Å². The van der Waals surface area contributed by atoms with Crippen molar-refractivity contribution < 1.29 is 0 Å². The molecule has 4 heteroatoms. The molecule has 0 aliphatic heterocycles. The predicted molar refractivity (Wildman–Crippen MR) is 43.3 cm³/mol. The van der Waals surface area contributed by atoms with Gasteiger partial charge in [0.1, 0.15) is 17.1 Å². The molecule has 0 aliphatic carbocycles. The van der Waals surface area contributed by atoms with Crippen molar-refractivity contribution in [2.75, 3.05) is 0 Å². The van der Waals surface area contributed by atoms with Gasteiger partial charge in [0.25, 0.3) is 0 Å². The molecule has 2 rings (SSSR count). The Labute approximate surface area is 68.9 Å². The first-order chi connectivity index (χ1) is 5.83. The largest absolute Gasteiger partial charge is 0.280 e. The summed E-state index contributed by atoms with van der Waals surface area (Å²) >= 11 is 0. The number of hydrogen-bond donors (Lipinski definition) is 1. The number of nitrogens with zero attached hydrogens (tertiary/aromatic N) is 3. The Morgan fingerprint density at radius 1 is 1.50 bits per heavy atom. The lowest BCUT2D eigenvalue weighted by atomic mass is 10.2. The van der Waals surface area contributed by atoms with E-state index < -0.39 is 0 Å². The maximum atomic E-state index is 8.71. The van der Waals surface area contributed by atoms with Crippen molar-refractivity contribution >= 4 is 11.0 Å². The van der Waals surface area contributed by atoms with Gasteiger partial charge >= 0.3 is 0 Å². The molecule has 2 aromatic heterocycles. The highest BCUT2D eigenvalue weighted by atomic mass is 15.1. The van der Waals surface area contributed by atoms with E-state index >= 15 is 0 Å². The first-order valence-electron chi connectivity index (χ1n) is 3.52. The van der Waals surface area contributed by atoms with E-state index in [9.17, 15) is 0 Å². The molecule has 1 N–H and O–H groups in total. The van der Waals surface area contributed by atoms with E-state index in [4.69, 9.17) is 5.26 Å². The van der Waals surface area contributed by atoms with Crippen molar-refractivity contribution in [3.8, 4) is 6.07 Å². The summed E-state index contributed by atoms with van der Waals surface area (Å²) in [4.78, 5) is 4.10. The number of nitriles is 1. The maximum absolute atomic E-state index is 8.71. The molecular formula is C8H6N4. The molecule has 4 nitrogen and oxygen atoms in total. The van der Waals surface area contributed by atoms with Gasteiger partial charge in [0.05, 0.1) is 11.3 Å². The Morgan fingerprint density at radius 2 is 2.33 bits per heavy atom. The molecule has 0 aliphatic rings. The summed E-state index contributed by atoms with van der Waals surface area (Å²) in [5.41, 5.74) is 2.87. The number of aryl methyl sites for hydroxylation is 1. The fourth-order valence-electron chi connectivity index (χ4n) is 1.12. The molecule has 0 spiro atoms. The van der Waals surface area contributed by atoms with Crippen molar-refractivity contribution in [2.45, 2.75) is 6.92 Å². The molecule has 0 saturated heterocycles. The first kappa shape index (κ1) is 6.80. The molecule has 0 bridgehead atoms. The second-order valence-electron chi connectivity index (χ2n) is 2.52. The van der Waals surface area contributed by atoms with E-state index in [-0.39, 0.29) is 0 Å². The zero-order chi connectivity index (χ0) is 8.55. The van der Waals surface area contributed by atoms with Gasteiger partial charge in [-0.2, -0.15) is 10.4 Å². The average molecular weight is 158 g/mol. The second kappa shape index (κ2) is 2.31. The van der Waals surface area contributed by atoms with Crippen LogP contribution in [0.3, 0.4) is 0 Å². The Kier molecular flexibility index (Phi) is 1.31. The van der Waals surface area contributed by atoms with Crippen molar-refractivity contribution in [3.05, 3.63) is 23.5 Å². The molecule has 2 aromatic rings. The third kappa shape index (κ3) is 0.768. The molecule has 58 valence electrons. The van der Waals surface area contributed by atoms with Crippen LogP contribution in [0.1, 0.15) is 11.3 Å². The molecule has 0 radical (unpaired) electrons. The fraction of sp³-hybridized carbons (Fsp3) is 0.125. The maximum Gasteiger partial charge on any atom is 0.129 e. The van der Waals surface area contributed by atoms with Crippen LogP contribution in [0.2, 0.25) is 0 Å². The number of hydrogen-bond acceptors (Lipinski definition) is 3. The summed E-state index contributed by atoms with van der Waals surface area (Å²) < 4.78 is 0. The Morgan fingerprint density at radius 3 is 3.08 bits per heavy atom. The van der Waals surface area contributed by atoms with Crippen molar-refractivity contribution in [2.24, 2.45) is 0 Å². The van der Waals surface area contributed by atoms with Crippen LogP contribution >= 0.6 is 0 Å². The van der Waals surface area contributed by atoms with Crippen LogP contribution in [0.5, 0.6) is 0 Å². The van der Waals surface area contributed by atoms with Gasteiger partial charge in [-0.15, -0.1) is 0 Å². The van der Waals surface area contributed by atoms with E-state index in [1.54, 1.807) is 12.3 Å². The summed E-state index contributed by atoms with van der Waals surface area (Å²) in [6, 6.07) is 3.72. The Balaban J connectivity index is 2.92. The predicted octanol–water partition coefficient (Wildman–Crippen LogP) is 1.14. The number of fused-ring (bicyclic) bond motifs is 1. The van der Waals surface area contributed by atoms with Crippen LogP contribution in [-0.4, -0.2) is 15.2 Å². The highest BCUT2D eigenvalue weighted by Gasteiger charge is 2.05. The molecule has 0 saturated carbocycles. The number of aromatic amines is 1. The highest BCUT2D eigenvalue weighted by Crippen LogP contribution is 2.14. The zero-order valence-electron chi connectivity index (χ0n) is 6.50. The summed E-state index contributed by atoms with van der Waals surface area (Å²) in [6.45, 7) is 1.88. The van der Waals surface area contributed by atoms with Crippen LogP contribution in [0.25, 0.3) is 11.0 Å². The monoisotopic (exact) mass is 158 g/mol. The van der Waals surface area contributed by atoms with Gasteiger partial charge in [-0.3, -0.25) is 10.1 Å². The molecular weight excluding hydrogens is 152 g/mol. The van der Waals surface area contributed by atoms with Gasteiger partial charge < -0.3 is 0 Å². The van der Waals surface area contributed by atoms with Crippen LogP contribution in [0, 0.1) is 18.3 Å². The average Bonchev–Trinajstić information content (AvgIpc) is 2.48. The standard InChI is InChI=1S/C8H6N4/c1-5-7-8(12-11-5)6(4-9)2-3-10-7/h2-3H,1H3,(H,11,12). The number of rotatable bonds is 0. The SMILES string of the molecule is Cc1[nH]nc2c(C#N)ccnc12. The Hall–Kier alpha value is -1.89. The van der Waals surface area contributed by atoms with Gasteiger partial charge in [-0.25, -0.2) is 0 Å². The van der Waals surface area contributed by atoms with Gasteiger partial charge in [-0.05, 0) is 13.0 Å². The summed E-state index contributed by atoms with van der Waals surface area (Å²) in [7, 11) is 0. The molecule has 0 fully saturated rings. The van der Waals surface area contributed by atoms with E-state index in [0.29, 0.717) is 11.1 Å². The van der Waals surface area contributed by atoms with Crippen LogP contribution in [0.4, 0.5) is 0 Å². The minimum atomic E-state index is 0.560. The normalized spacial score (nSPS) is 10.0. The lowest BCUT2D eigenvalue weighted by Crippen LogP contribution is -1.80. The first-order valence-corrected chi connectivity index (χ1v) is 3.52. The van der Waals surface area contributed by atoms with Gasteiger partial charge in [0.2, 0.25) is 0 Å². The molecule has 0 amide bonds. The smallest absolute Gasteiger partial charge is 0.129 e. The molecule has 0 aromatic carbocycles. The van der Waals surface area contributed by atoms with E-state index in [0.717, 1.165) is 11.2 Å². The minimum absolute atomic E-state index is 0.560. The topological polar surface area (TPSA) is 65.4 Å². The summed E-state index contributed by atoms with van der Waals surface area (Å²) in [6.07, 6.45) is 1.61. The van der Waals surface area contributed by atoms with E-state index in [2.05, 4.69) is 21.3 Å². The highest BCUT2D eigenvalue weighted by molar-refractivity contribution is 5.81. The van der Waals surface area contributed by atoms with E-state index in [1.165, 1.54) is 0 Å². The minimum Gasteiger partial charge on any atom is -0.280 e. The van der Waals surface area contributed by atoms with Crippen molar-refractivity contribution in [1.29, 1.82) is 5.26 Å². The number of H-pyrrole nitrogens is 1. The van der Waals surface area contributed by atoms with Gasteiger partial charge in [-0.1, -0.05) is 0 Å². The second-order valence-corrected chi connectivity index (χ2v) is 2.52. The molecule has 0 unspecified atom stereocenters. The number of aromatic nitrogens is 3. The van der Waals surface area contributed by atoms with Crippen LogP contribution < -0.4 is 0 Å². The quantitative estimate of drug-likeness (QED) is 0.625. The molecule has 2 heterocycles. The summed E-state index contributed by atoms with van der Waals surface area (Å²) in [5.74, 6) is 0. The molecule has 0 atom stereocenters. The lowest BCUT2D eigenvalue weighted by molar-refractivity contribution is 1.07. The third-order valence-corrected chi connectivity index (χ3v) is 1.74. The van der Waals surface area contributed by atoms with Gasteiger partial charge in [0.15, 0.2) is 0 Å². The fourth-order valence-corrected chi connectivity index (χ4v) is 1.12. The zero-order valence-corrected chi connectivity index (χ0v) is 6.50. The van der Waals surface area contributed by atoms with Gasteiger partial charge in [0, 0.05) is 6.20 Å². The third-order valence-electron chi connectivity index (χ3n) is 1.74. The lowest BCUT2D eigenvalue weighted by Gasteiger charge is -1.88. The number of nitrogens with one attached hydrogen (secondary N) is 1. The number of pyridine rings is 1. The van der Waals surface area contributed by atoms with Crippen molar-refractivity contribution in [1.82, 2.24) is 15.2 Å². The van der Waals surface area contributed by atoms with E-state index in [1.807, 2.05) is 6.92 Å². The van der Waals surface area contributed by atoms with Crippen LogP contribution in [0.15, 0.2) is 12.3 Å².